The van der Waals surface area contributed by atoms with Crippen molar-refractivity contribution in [3.05, 3.63) is 53.7 Å². The number of carbonyl (C=O) groups is 2. The molecule has 1 N–H and O–H groups in total. The minimum Gasteiger partial charge on any atom is -0.449 e. The van der Waals surface area contributed by atoms with Crippen LogP contribution in [0.2, 0.25) is 0 Å². The fourth-order valence-electron chi connectivity index (χ4n) is 2.15. The highest BCUT2D eigenvalue weighted by Gasteiger charge is 2.18. The Labute approximate surface area is 151 Å². The van der Waals surface area contributed by atoms with Crippen LogP contribution in [-0.4, -0.2) is 27.8 Å². The van der Waals surface area contributed by atoms with Gasteiger partial charge in [0.15, 0.2) is 6.10 Å². The number of esters is 1. The monoisotopic (exact) mass is 352 g/mol. The molecule has 1 aromatic heterocycles. The molecule has 0 spiro atoms. The van der Waals surface area contributed by atoms with E-state index in [4.69, 9.17) is 10.00 Å². The van der Waals surface area contributed by atoms with Crippen molar-refractivity contribution >= 4 is 23.8 Å². The van der Waals surface area contributed by atoms with E-state index in [9.17, 15) is 9.59 Å². The van der Waals surface area contributed by atoms with Crippen LogP contribution < -0.4 is 5.32 Å². The number of rotatable bonds is 6. The van der Waals surface area contributed by atoms with Crippen LogP contribution in [0.1, 0.15) is 37.9 Å². The van der Waals surface area contributed by atoms with Crippen LogP contribution in [0.15, 0.2) is 42.6 Å². The summed E-state index contributed by atoms with van der Waals surface area (Å²) < 4.78 is 6.77. The Kier molecular flexibility index (Phi) is 6.28. The van der Waals surface area contributed by atoms with E-state index in [1.807, 2.05) is 19.9 Å². The molecule has 0 unspecified atom stereocenters. The summed E-state index contributed by atoms with van der Waals surface area (Å²) in [6.07, 6.45) is 3.43. The largest absolute Gasteiger partial charge is 0.449 e. The summed E-state index contributed by atoms with van der Waals surface area (Å²) in [6.45, 7) is 5.39. The van der Waals surface area contributed by atoms with E-state index >= 15 is 0 Å². The van der Waals surface area contributed by atoms with Gasteiger partial charge in [-0.1, -0.05) is 12.1 Å². The SMILES string of the molecule is CC(C)n1nccc1NC(=O)[C@@H](C)OC(=O)/C=C/c1ccc(C#N)cc1. The number of aromatic nitrogens is 2. The molecule has 1 aromatic carbocycles. The van der Waals surface area contributed by atoms with Crippen molar-refractivity contribution < 1.29 is 14.3 Å². The summed E-state index contributed by atoms with van der Waals surface area (Å²) in [4.78, 5) is 24.1. The molecule has 0 saturated carbocycles. The third-order valence-electron chi connectivity index (χ3n) is 3.52. The Morgan fingerprint density at radius 1 is 1.23 bits per heavy atom. The average molecular weight is 352 g/mol. The Morgan fingerprint density at radius 2 is 1.92 bits per heavy atom. The minimum atomic E-state index is -0.955. The highest BCUT2D eigenvalue weighted by Crippen LogP contribution is 2.13. The molecule has 0 aliphatic rings. The molecule has 0 radical (unpaired) electrons. The van der Waals surface area contributed by atoms with Gasteiger partial charge in [0.05, 0.1) is 17.8 Å². The Balaban J connectivity index is 1.91. The minimum absolute atomic E-state index is 0.0912. The molecule has 7 heteroatoms. The zero-order valence-corrected chi connectivity index (χ0v) is 14.8. The number of carbonyl (C=O) groups excluding carboxylic acids is 2. The number of nitriles is 1. The predicted octanol–water partition coefficient (Wildman–Crippen LogP) is 2.92. The first-order chi connectivity index (χ1) is 12.4. The quantitative estimate of drug-likeness (QED) is 0.637. The Bertz CT molecular complexity index is 844. The lowest BCUT2D eigenvalue weighted by atomic mass is 10.1. The molecule has 1 amide bonds. The molecule has 0 aliphatic carbocycles. The second kappa shape index (κ2) is 8.62. The van der Waals surface area contributed by atoms with Gasteiger partial charge in [-0.2, -0.15) is 10.4 Å². The fourth-order valence-corrected chi connectivity index (χ4v) is 2.15. The summed E-state index contributed by atoms with van der Waals surface area (Å²) in [7, 11) is 0. The Hall–Kier alpha value is -3.40. The maximum Gasteiger partial charge on any atom is 0.331 e. The molecule has 26 heavy (non-hydrogen) atoms. The molecule has 2 rings (SSSR count). The molecule has 0 bridgehead atoms. The summed E-state index contributed by atoms with van der Waals surface area (Å²) in [6, 6.07) is 10.5. The van der Waals surface area contributed by atoms with Gasteiger partial charge in [-0.15, -0.1) is 0 Å². The van der Waals surface area contributed by atoms with Gasteiger partial charge in [-0.05, 0) is 44.5 Å². The van der Waals surface area contributed by atoms with Gasteiger partial charge >= 0.3 is 5.97 Å². The predicted molar refractivity (Wildman–Crippen MR) is 97.0 cm³/mol. The van der Waals surface area contributed by atoms with Gasteiger partial charge in [-0.25, -0.2) is 9.48 Å². The molecule has 1 heterocycles. The number of hydrogen-bond acceptors (Lipinski definition) is 5. The fraction of sp³-hybridized carbons (Fsp3) is 0.263. The van der Waals surface area contributed by atoms with Crippen molar-refractivity contribution in [1.82, 2.24) is 9.78 Å². The highest BCUT2D eigenvalue weighted by molar-refractivity contribution is 5.96. The smallest absolute Gasteiger partial charge is 0.331 e. The number of nitrogens with zero attached hydrogens (tertiary/aromatic N) is 3. The number of ether oxygens (including phenoxy) is 1. The van der Waals surface area contributed by atoms with E-state index in [1.165, 1.54) is 13.0 Å². The van der Waals surface area contributed by atoms with Crippen molar-refractivity contribution in [3.63, 3.8) is 0 Å². The van der Waals surface area contributed by atoms with Crippen LogP contribution in [0.25, 0.3) is 6.08 Å². The van der Waals surface area contributed by atoms with Crippen molar-refractivity contribution in [3.8, 4) is 6.07 Å². The molecule has 0 saturated heterocycles. The molecule has 0 aliphatic heterocycles. The van der Waals surface area contributed by atoms with Crippen molar-refractivity contribution in [2.45, 2.75) is 32.9 Å². The van der Waals surface area contributed by atoms with Crippen LogP contribution in [0.3, 0.4) is 0 Å². The lowest BCUT2D eigenvalue weighted by Gasteiger charge is -2.15. The second-order valence-electron chi connectivity index (χ2n) is 5.89. The van der Waals surface area contributed by atoms with Crippen LogP contribution in [-0.2, 0) is 14.3 Å². The Morgan fingerprint density at radius 3 is 2.54 bits per heavy atom. The van der Waals surface area contributed by atoms with Crippen LogP contribution in [0.5, 0.6) is 0 Å². The summed E-state index contributed by atoms with van der Waals surface area (Å²) in [5.41, 5.74) is 1.29. The first kappa shape index (κ1) is 18.9. The van der Waals surface area contributed by atoms with Crippen molar-refractivity contribution in [1.29, 1.82) is 5.26 Å². The summed E-state index contributed by atoms with van der Waals surface area (Å²) >= 11 is 0. The molecular weight excluding hydrogens is 332 g/mol. The molecule has 134 valence electrons. The number of benzene rings is 1. The normalized spacial score (nSPS) is 12.0. The number of amides is 1. The standard InChI is InChI=1S/C19H20N4O3/c1-13(2)23-17(10-11-21-23)22-19(25)14(3)26-18(24)9-8-15-4-6-16(12-20)7-5-15/h4-11,13-14H,1-3H3,(H,22,25)/b9-8+/t14-/m1/s1. The van der Waals surface area contributed by atoms with E-state index in [2.05, 4.69) is 10.4 Å². The van der Waals surface area contributed by atoms with Crippen LogP contribution in [0, 0.1) is 11.3 Å². The van der Waals surface area contributed by atoms with Crippen LogP contribution >= 0.6 is 0 Å². The number of anilines is 1. The molecule has 0 fully saturated rings. The van der Waals surface area contributed by atoms with Gasteiger partial charge in [-0.3, -0.25) is 4.79 Å². The van der Waals surface area contributed by atoms with Crippen molar-refractivity contribution in [2.75, 3.05) is 5.32 Å². The van der Waals surface area contributed by atoms with E-state index in [0.717, 1.165) is 5.56 Å². The van der Waals surface area contributed by atoms with E-state index in [1.54, 1.807) is 47.3 Å². The van der Waals surface area contributed by atoms with Crippen LogP contribution in [0.4, 0.5) is 5.82 Å². The highest BCUT2D eigenvalue weighted by atomic mass is 16.5. The van der Waals surface area contributed by atoms with E-state index < -0.39 is 18.0 Å². The van der Waals surface area contributed by atoms with Gasteiger partial charge in [0.25, 0.3) is 5.91 Å². The number of nitrogens with one attached hydrogen (secondary N) is 1. The maximum atomic E-state index is 12.2. The number of hydrogen-bond donors (Lipinski definition) is 1. The third kappa shape index (κ3) is 5.05. The summed E-state index contributed by atoms with van der Waals surface area (Å²) in [5.74, 6) is -0.525. The lowest BCUT2D eigenvalue weighted by Crippen LogP contribution is -2.30. The average Bonchev–Trinajstić information content (AvgIpc) is 3.08. The zero-order chi connectivity index (χ0) is 19.1. The third-order valence-corrected chi connectivity index (χ3v) is 3.52. The van der Waals surface area contributed by atoms with E-state index in [-0.39, 0.29) is 6.04 Å². The first-order valence-corrected chi connectivity index (χ1v) is 8.14. The van der Waals surface area contributed by atoms with Gasteiger partial charge in [0.2, 0.25) is 0 Å². The maximum absolute atomic E-state index is 12.2. The lowest BCUT2D eigenvalue weighted by molar-refractivity contribution is -0.148. The molecular formula is C19H20N4O3. The molecule has 2 aromatic rings. The van der Waals surface area contributed by atoms with Gasteiger partial charge in [0.1, 0.15) is 5.82 Å². The summed E-state index contributed by atoms with van der Waals surface area (Å²) in [5, 5.41) is 15.6. The topological polar surface area (TPSA) is 97.0 Å². The zero-order valence-electron chi connectivity index (χ0n) is 14.8. The van der Waals surface area contributed by atoms with Gasteiger partial charge < -0.3 is 10.1 Å². The molecule has 1 atom stereocenters. The molecule has 7 nitrogen and oxygen atoms in total. The second-order valence-corrected chi connectivity index (χ2v) is 5.89. The first-order valence-electron chi connectivity index (χ1n) is 8.14. The van der Waals surface area contributed by atoms with Crippen molar-refractivity contribution in [2.24, 2.45) is 0 Å². The van der Waals surface area contributed by atoms with E-state index in [0.29, 0.717) is 11.4 Å². The van der Waals surface area contributed by atoms with Gasteiger partial charge in [0, 0.05) is 18.2 Å².